The van der Waals surface area contributed by atoms with Gasteiger partial charge in [0.2, 0.25) is 0 Å². The molecule has 21 heavy (non-hydrogen) atoms. The molecule has 0 saturated heterocycles. The fraction of sp³-hybridized carbons (Fsp3) is 0.588. The molecule has 0 spiro atoms. The monoisotopic (exact) mass is 293 g/mol. The van der Waals surface area contributed by atoms with Crippen molar-refractivity contribution < 1.29 is 14.4 Å². The summed E-state index contributed by atoms with van der Waals surface area (Å²) in [5, 5.41) is 0. The van der Waals surface area contributed by atoms with E-state index in [-0.39, 0.29) is 6.54 Å². The van der Waals surface area contributed by atoms with Gasteiger partial charge in [0.15, 0.2) is 0 Å². The average molecular weight is 293 g/mol. The summed E-state index contributed by atoms with van der Waals surface area (Å²) in [7, 11) is 0. The Labute approximate surface area is 127 Å². The van der Waals surface area contributed by atoms with Gasteiger partial charge in [0, 0.05) is 0 Å². The third kappa shape index (κ3) is 9.21. The lowest BCUT2D eigenvalue weighted by Gasteiger charge is -2.07. The van der Waals surface area contributed by atoms with Crippen LogP contribution >= 0.6 is 0 Å². The van der Waals surface area contributed by atoms with E-state index in [0.29, 0.717) is 6.61 Å². The number of carbonyl (C=O) groups is 1. The van der Waals surface area contributed by atoms with Crippen LogP contribution in [0.3, 0.4) is 0 Å². The van der Waals surface area contributed by atoms with E-state index in [0.717, 1.165) is 30.6 Å². The van der Waals surface area contributed by atoms with Crippen LogP contribution in [0.4, 0.5) is 0 Å². The van der Waals surface area contributed by atoms with Crippen molar-refractivity contribution in [3.05, 3.63) is 29.8 Å². The number of hydrogen-bond donors (Lipinski definition) is 1. The second-order valence-electron chi connectivity index (χ2n) is 5.06. The number of hydrogen-bond acceptors (Lipinski definition) is 4. The summed E-state index contributed by atoms with van der Waals surface area (Å²) < 4.78 is 5.71. The van der Waals surface area contributed by atoms with Crippen molar-refractivity contribution in [2.75, 3.05) is 13.2 Å². The van der Waals surface area contributed by atoms with E-state index in [1.54, 1.807) is 0 Å². The zero-order valence-corrected chi connectivity index (χ0v) is 13.0. The molecule has 4 nitrogen and oxygen atoms in total. The highest BCUT2D eigenvalue weighted by molar-refractivity contribution is 5.51. The molecular weight excluding hydrogens is 266 g/mol. The first-order valence-corrected chi connectivity index (χ1v) is 7.87. The third-order valence-electron chi connectivity index (χ3n) is 3.20. The number of hydroxylamine groups is 1. The molecule has 1 aromatic rings. The minimum absolute atomic E-state index is 0.208. The molecule has 0 radical (unpaired) electrons. The lowest BCUT2D eigenvalue weighted by atomic mass is 10.1. The highest BCUT2D eigenvalue weighted by Crippen LogP contribution is 2.13. The summed E-state index contributed by atoms with van der Waals surface area (Å²) >= 11 is 0. The number of carbonyl (C=O) groups excluding carboxylic acids is 1. The van der Waals surface area contributed by atoms with Crippen molar-refractivity contribution in [1.29, 1.82) is 0 Å². The second-order valence-corrected chi connectivity index (χ2v) is 5.06. The highest BCUT2D eigenvalue weighted by atomic mass is 16.6. The highest BCUT2D eigenvalue weighted by Gasteiger charge is 1.97. The number of unbranched alkanes of at least 4 members (excludes halogenated alkanes) is 5. The van der Waals surface area contributed by atoms with Crippen LogP contribution in [0, 0.1) is 0 Å². The lowest BCUT2D eigenvalue weighted by molar-refractivity contribution is -0.109. The Morgan fingerprint density at radius 1 is 1.05 bits per heavy atom. The molecule has 4 heteroatoms. The third-order valence-corrected chi connectivity index (χ3v) is 3.20. The van der Waals surface area contributed by atoms with E-state index in [4.69, 9.17) is 9.57 Å². The maximum Gasteiger partial charge on any atom is 0.136 e. The van der Waals surface area contributed by atoms with Gasteiger partial charge in [0.25, 0.3) is 0 Å². The van der Waals surface area contributed by atoms with Gasteiger partial charge in [-0.25, -0.2) is 0 Å². The van der Waals surface area contributed by atoms with Crippen molar-refractivity contribution in [3.8, 4) is 5.75 Å². The Morgan fingerprint density at radius 3 is 2.48 bits per heavy atom. The van der Waals surface area contributed by atoms with Crippen molar-refractivity contribution >= 4 is 6.29 Å². The molecule has 0 saturated carbocycles. The minimum Gasteiger partial charge on any atom is -0.494 e. The van der Waals surface area contributed by atoms with Crippen LogP contribution in [0.15, 0.2) is 24.3 Å². The predicted octanol–water partition coefficient (Wildman–Crippen LogP) is 3.65. The molecular formula is C17H27NO3. The number of ether oxygens (including phenoxy) is 1. The molecule has 1 N–H and O–H groups in total. The smallest absolute Gasteiger partial charge is 0.136 e. The first-order valence-electron chi connectivity index (χ1n) is 7.87. The Morgan fingerprint density at radius 2 is 1.76 bits per heavy atom. The van der Waals surface area contributed by atoms with E-state index in [1.807, 2.05) is 24.3 Å². The molecule has 0 aliphatic heterocycles. The van der Waals surface area contributed by atoms with Crippen LogP contribution < -0.4 is 10.2 Å². The number of rotatable bonds is 13. The van der Waals surface area contributed by atoms with Crippen LogP contribution in [0.25, 0.3) is 0 Å². The van der Waals surface area contributed by atoms with Crippen molar-refractivity contribution in [3.63, 3.8) is 0 Å². The molecule has 0 bridgehead atoms. The van der Waals surface area contributed by atoms with Crippen molar-refractivity contribution in [1.82, 2.24) is 5.48 Å². The summed E-state index contributed by atoms with van der Waals surface area (Å²) in [5.74, 6) is 0.896. The number of nitrogens with one attached hydrogen (secondary N) is 1. The van der Waals surface area contributed by atoms with E-state index in [9.17, 15) is 4.79 Å². The molecule has 0 atom stereocenters. The van der Waals surface area contributed by atoms with Gasteiger partial charge in [0.1, 0.15) is 12.0 Å². The molecule has 0 aliphatic rings. The van der Waals surface area contributed by atoms with E-state index in [2.05, 4.69) is 12.4 Å². The predicted molar refractivity (Wildman–Crippen MR) is 84.2 cm³/mol. The summed E-state index contributed by atoms with van der Waals surface area (Å²) in [6, 6.07) is 7.85. The molecule has 0 fully saturated rings. The van der Waals surface area contributed by atoms with E-state index >= 15 is 0 Å². The maximum absolute atomic E-state index is 10.1. The molecule has 118 valence electrons. The van der Waals surface area contributed by atoms with Gasteiger partial charge in [-0.1, -0.05) is 51.2 Å². The zero-order chi connectivity index (χ0) is 15.2. The largest absolute Gasteiger partial charge is 0.494 e. The summed E-state index contributed by atoms with van der Waals surface area (Å²) in [5.41, 5.74) is 3.60. The van der Waals surface area contributed by atoms with Gasteiger partial charge in [-0.3, -0.25) is 4.84 Å². The van der Waals surface area contributed by atoms with Crippen LogP contribution in [-0.4, -0.2) is 19.4 Å². The van der Waals surface area contributed by atoms with Crippen molar-refractivity contribution in [2.45, 2.75) is 52.1 Å². The standard InChI is InChI=1S/C17H27NO3/c1-2-3-4-5-6-7-14-20-17-10-8-16(9-11-17)15-21-18-12-13-19/h8-11,13,18H,2-7,12,14-15H2,1H3. The fourth-order valence-electron chi connectivity index (χ4n) is 1.98. The minimum atomic E-state index is 0.208. The second kappa shape index (κ2) is 12.4. The van der Waals surface area contributed by atoms with Gasteiger partial charge in [-0.2, -0.15) is 5.48 Å². The first-order chi connectivity index (χ1) is 10.4. The first kappa shape index (κ1) is 17.7. The Kier molecular flexibility index (Phi) is 10.4. The van der Waals surface area contributed by atoms with Crippen LogP contribution in [0.1, 0.15) is 51.0 Å². The number of benzene rings is 1. The average Bonchev–Trinajstić information content (AvgIpc) is 2.52. The fourth-order valence-corrected chi connectivity index (χ4v) is 1.98. The van der Waals surface area contributed by atoms with E-state index < -0.39 is 0 Å². The van der Waals surface area contributed by atoms with Crippen molar-refractivity contribution in [2.24, 2.45) is 0 Å². The number of aldehydes is 1. The molecule has 0 aromatic heterocycles. The summed E-state index contributed by atoms with van der Waals surface area (Å²) in [6.07, 6.45) is 8.39. The SMILES string of the molecule is CCCCCCCCOc1ccc(CONCC=O)cc1. The molecule has 0 amide bonds. The Bertz CT molecular complexity index is 365. The summed E-state index contributed by atoms with van der Waals surface area (Å²) in [6.45, 7) is 3.66. The van der Waals surface area contributed by atoms with Gasteiger partial charge in [-0.15, -0.1) is 0 Å². The van der Waals surface area contributed by atoms with Crippen LogP contribution in [0.2, 0.25) is 0 Å². The van der Waals surface area contributed by atoms with Gasteiger partial charge >= 0.3 is 0 Å². The quantitative estimate of drug-likeness (QED) is 0.343. The molecule has 0 unspecified atom stereocenters. The molecule has 0 aliphatic carbocycles. The zero-order valence-electron chi connectivity index (χ0n) is 13.0. The molecule has 1 rings (SSSR count). The Balaban J connectivity index is 2.09. The Hall–Kier alpha value is -1.39. The topological polar surface area (TPSA) is 47.6 Å². The maximum atomic E-state index is 10.1. The normalized spacial score (nSPS) is 10.5. The lowest BCUT2D eigenvalue weighted by Crippen LogP contribution is -2.16. The molecule has 1 aromatic carbocycles. The van der Waals surface area contributed by atoms with Gasteiger partial charge < -0.3 is 9.53 Å². The van der Waals surface area contributed by atoms with Crippen LogP contribution in [0.5, 0.6) is 5.75 Å². The van der Waals surface area contributed by atoms with Gasteiger partial charge in [-0.05, 0) is 24.1 Å². The summed E-state index contributed by atoms with van der Waals surface area (Å²) in [4.78, 5) is 15.2. The van der Waals surface area contributed by atoms with Gasteiger partial charge in [0.05, 0.1) is 19.8 Å². The van der Waals surface area contributed by atoms with E-state index in [1.165, 1.54) is 32.1 Å². The molecule has 0 heterocycles. The van der Waals surface area contributed by atoms with Crippen LogP contribution in [-0.2, 0) is 16.2 Å².